The minimum absolute atomic E-state index is 0.624. The molecule has 0 spiro atoms. The number of nitrogen functional groups attached to an aromatic ring is 1. The zero-order chi connectivity index (χ0) is 12.4. The van der Waals surface area contributed by atoms with Crippen LogP contribution in [0.2, 0.25) is 0 Å². The van der Waals surface area contributed by atoms with Crippen molar-refractivity contribution in [2.75, 3.05) is 17.7 Å². The Bertz CT molecular complexity index is 562. The number of nitriles is 1. The smallest absolute Gasteiger partial charge is 0.178 e. The monoisotopic (exact) mass is 227 g/mol. The van der Waals surface area contributed by atoms with E-state index in [9.17, 15) is 0 Å². The van der Waals surface area contributed by atoms with E-state index in [4.69, 9.17) is 11.0 Å². The number of aromatic nitrogens is 2. The predicted molar refractivity (Wildman–Crippen MR) is 66.8 cm³/mol. The van der Waals surface area contributed by atoms with Crippen LogP contribution >= 0.6 is 0 Å². The first-order valence-electron chi connectivity index (χ1n) is 5.15. The standard InChI is InChI=1S/C12H13N5/c1-16-8-11(14)12(15-16)17(2)10-5-3-9(7-13)4-6-10/h3-6,8H,14H2,1-2H3. The predicted octanol–water partition coefficient (Wildman–Crippen LogP) is 1.64. The molecule has 0 saturated heterocycles. The number of benzene rings is 1. The zero-order valence-corrected chi connectivity index (χ0v) is 9.75. The summed E-state index contributed by atoms with van der Waals surface area (Å²) in [4.78, 5) is 1.89. The summed E-state index contributed by atoms with van der Waals surface area (Å²) >= 11 is 0. The van der Waals surface area contributed by atoms with Crippen molar-refractivity contribution in [3.8, 4) is 6.07 Å². The molecule has 5 nitrogen and oxygen atoms in total. The topological polar surface area (TPSA) is 70.9 Å². The molecular formula is C12H13N5. The molecule has 2 aromatic rings. The molecule has 2 N–H and O–H groups in total. The highest BCUT2D eigenvalue weighted by molar-refractivity contribution is 5.70. The lowest BCUT2D eigenvalue weighted by Crippen LogP contribution is -2.11. The van der Waals surface area contributed by atoms with Crippen LogP contribution in [0.3, 0.4) is 0 Å². The number of aryl methyl sites for hydroxylation is 1. The molecule has 0 aliphatic heterocycles. The Morgan fingerprint density at radius 2 is 2.00 bits per heavy atom. The van der Waals surface area contributed by atoms with E-state index in [0.717, 1.165) is 5.69 Å². The van der Waals surface area contributed by atoms with Gasteiger partial charge < -0.3 is 10.6 Å². The van der Waals surface area contributed by atoms with Crippen LogP contribution < -0.4 is 10.6 Å². The molecule has 0 radical (unpaired) electrons. The highest BCUT2D eigenvalue weighted by Gasteiger charge is 2.11. The maximum absolute atomic E-state index is 8.73. The Balaban J connectivity index is 2.34. The lowest BCUT2D eigenvalue weighted by Gasteiger charge is -2.17. The molecule has 0 aliphatic rings. The van der Waals surface area contributed by atoms with Crippen molar-refractivity contribution < 1.29 is 0 Å². The molecule has 0 amide bonds. The second-order valence-corrected chi connectivity index (χ2v) is 3.80. The maximum Gasteiger partial charge on any atom is 0.178 e. The number of nitrogens with zero attached hydrogens (tertiary/aromatic N) is 4. The van der Waals surface area contributed by atoms with Crippen LogP contribution in [0.25, 0.3) is 0 Å². The fourth-order valence-electron chi connectivity index (χ4n) is 1.64. The van der Waals surface area contributed by atoms with Gasteiger partial charge in [0.25, 0.3) is 0 Å². The molecule has 1 heterocycles. The molecule has 1 aromatic carbocycles. The molecule has 0 fully saturated rings. The summed E-state index contributed by atoms with van der Waals surface area (Å²) in [6.07, 6.45) is 1.76. The molecule has 5 heteroatoms. The number of anilines is 3. The average Bonchev–Trinajstić information content (AvgIpc) is 2.68. The Morgan fingerprint density at radius 1 is 1.35 bits per heavy atom. The minimum Gasteiger partial charge on any atom is -0.394 e. The van der Waals surface area contributed by atoms with Crippen molar-refractivity contribution in [3.05, 3.63) is 36.0 Å². The summed E-state index contributed by atoms with van der Waals surface area (Å²) < 4.78 is 1.67. The van der Waals surface area contributed by atoms with E-state index in [0.29, 0.717) is 17.1 Å². The summed E-state index contributed by atoms with van der Waals surface area (Å²) in [6, 6.07) is 9.36. The van der Waals surface area contributed by atoms with Crippen molar-refractivity contribution in [2.24, 2.45) is 7.05 Å². The number of rotatable bonds is 2. The highest BCUT2D eigenvalue weighted by atomic mass is 15.3. The number of hydrogen-bond acceptors (Lipinski definition) is 4. The molecule has 2 rings (SSSR count). The molecule has 0 aliphatic carbocycles. The number of nitrogens with two attached hydrogens (primary N) is 1. The fourth-order valence-corrected chi connectivity index (χ4v) is 1.64. The summed E-state index contributed by atoms with van der Waals surface area (Å²) in [7, 11) is 3.71. The van der Waals surface area contributed by atoms with Gasteiger partial charge in [-0.2, -0.15) is 10.4 Å². The van der Waals surface area contributed by atoms with E-state index in [-0.39, 0.29) is 0 Å². The van der Waals surface area contributed by atoms with Crippen molar-refractivity contribution >= 4 is 17.2 Å². The van der Waals surface area contributed by atoms with Gasteiger partial charge in [0, 0.05) is 26.0 Å². The van der Waals surface area contributed by atoms with Gasteiger partial charge in [0.05, 0.1) is 17.3 Å². The van der Waals surface area contributed by atoms with Gasteiger partial charge in [-0.05, 0) is 24.3 Å². The highest BCUT2D eigenvalue weighted by Crippen LogP contribution is 2.26. The molecule has 0 unspecified atom stereocenters. The van der Waals surface area contributed by atoms with Gasteiger partial charge in [0.1, 0.15) is 0 Å². The zero-order valence-electron chi connectivity index (χ0n) is 9.75. The van der Waals surface area contributed by atoms with Crippen LogP contribution in [0.1, 0.15) is 5.56 Å². The van der Waals surface area contributed by atoms with Crippen molar-refractivity contribution in [2.45, 2.75) is 0 Å². The lowest BCUT2D eigenvalue weighted by atomic mass is 10.2. The van der Waals surface area contributed by atoms with Crippen LogP contribution in [0, 0.1) is 11.3 Å². The Kier molecular flexibility index (Phi) is 2.71. The third-order valence-electron chi connectivity index (χ3n) is 2.54. The molecule has 17 heavy (non-hydrogen) atoms. The lowest BCUT2D eigenvalue weighted by molar-refractivity contribution is 0.765. The van der Waals surface area contributed by atoms with Crippen LogP contribution in [0.4, 0.5) is 17.2 Å². The molecule has 0 atom stereocenters. The van der Waals surface area contributed by atoms with Crippen molar-refractivity contribution in [1.82, 2.24) is 9.78 Å². The third kappa shape index (κ3) is 2.06. The third-order valence-corrected chi connectivity index (χ3v) is 2.54. The van der Waals surface area contributed by atoms with Crippen LogP contribution in [-0.4, -0.2) is 16.8 Å². The minimum atomic E-state index is 0.624. The van der Waals surface area contributed by atoms with E-state index in [1.54, 1.807) is 23.0 Å². The van der Waals surface area contributed by atoms with Gasteiger partial charge in [0.15, 0.2) is 5.82 Å². The van der Waals surface area contributed by atoms with E-state index < -0.39 is 0 Å². The first-order valence-corrected chi connectivity index (χ1v) is 5.15. The maximum atomic E-state index is 8.73. The van der Waals surface area contributed by atoms with Crippen molar-refractivity contribution in [1.29, 1.82) is 5.26 Å². The van der Waals surface area contributed by atoms with Gasteiger partial charge in [0.2, 0.25) is 0 Å². The van der Waals surface area contributed by atoms with Gasteiger partial charge >= 0.3 is 0 Å². The van der Waals surface area contributed by atoms with Crippen LogP contribution in [-0.2, 0) is 7.05 Å². The Morgan fingerprint density at radius 3 is 2.47 bits per heavy atom. The SMILES string of the molecule is CN(c1ccc(C#N)cc1)c1nn(C)cc1N. The van der Waals surface area contributed by atoms with Crippen molar-refractivity contribution in [3.63, 3.8) is 0 Å². The fraction of sp³-hybridized carbons (Fsp3) is 0.167. The normalized spacial score (nSPS) is 9.94. The summed E-state index contributed by atoms with van der Waals surface area (Å²) in [5.41, 5.74) is 8.06. The molecule has 86 valence electrons. The van der Waals surface area contributed by atoms with Crippen LogP contribution in [0.5, 0.6) is 0 Å². The first-order chi connectivity index (χ1) is 8.11. The van der Waals surface area contributed by atoms with E-state index >= 15 is 0 Å². The molecule has 1 aromatic heterocycles. The van der Waals surface area contributed by atoms with Gasteiger partial charge in [-0.15, -0.1) is 0 Å². The van der Waals surface area contributed by atoms with E-state index in [1.807, 2.05) is 31.1 Å². The van der Waals surface area contributed by atoms with Gasteiger partial charge in [-0.3, -0.25) is 4.68 Å². The summed E-state index contributed by atoms with van der Waals surface area (Å²) in [5.74, 6) is 0.706. The molecule has 0 saturated carbocycles. The second kappa shape index (κ2) is 4.18. The van der Waals surface area contributed by atoms with Crippen LogP contribution in [0.15, 0.2) is 30.5 Å². The summed E-state index contributed by atoms with van der Waals surface area (Å²) in [5, 5.41) is 13.0. The largest absolute Gasteiger partial charge is 0.394 e. The quantitative estimate of drug-likeness (QED) is 0.846. The summed E-state index contributed by atoms with van der Waals surface area (Å²) in [6.45, 7) is 0. The molecule has 0 bridgehead atoms. The van der Waals surface area contributed by atoms with Gasteiger partial charge in [-0.1, -0.05) is 0 Å². The second-order valence-electron chi connectivity index (χ2n) is 3.80. The Hall–Kier alpha value is -2.48. The number of hydrogen-bond donors (Lipinski definition) is 1. The van der Waals surface area contributed by atoms with E-state index in [2.05, 4.69) is 11.2 Å². The molecular weight excluding hydrogens is 214 g/mol. The van der Waals surface area contributed by atoms with E-state index in [1.165, 1.54) is 0 Å². The first kappa shape index (κ1) is 11.0. The Labute approximate surface area is 99.7 Å². The average molecular weight is 227 g/mol. The van der Waals surface area contributed by atoms with Gasteiger partial charge in [-0.25, -0.2) is 0 Å².